The number of hydrogen-bond donors (Lipinski definition) is 1. The molecule has 1 saturated heterocycles. The summed E-state index contributed by atoms with van der Waals surface area (Å²) in [5, 5.41) is 3.63. The van der Waals surface area contributed by atoms with Crippen LogP contribution in [-0.4, -0.2) is 31.1 Å². The quantitative estimate of drug-likeness (QED) is 0.800. The third-order valence-electron chi connectivity index (χ3n) is 4.41. The van der Waals surface area contributed by atoms with E-state index in [1.807, 2.05) is 0 Å². The van der Waals surface area contributed by atoms with Gasteiger partial charge in [-0.1, -0.05) is 54.4 Å². The molecule has 0 saturated carbocycles. The Bertz CT molecular complexity index is 408. The molecule has 2 atom stereocenters. The van der Waals surface area contributed by atoms with Crippen molar-refractivity contribution in [1.29, 1.82) is 0 Å². The van der Waals surface area contributed by atoms with Crippen LogP contribution in [0.25, 0.3) is 0 Å². The molecule has 1 aromatic carbocycles. The van der Waals surface area contributed by atoms with Gasteiger partial charge < -0.3 is 10.2 Å². The molecule has 0 aromatic heterocycles. The lowest BCUT2D eigenvalue weighted by Crippen LogP contribution is -2.28. The largest absolute Gasteiger partial charge is 0.310 e. The molecule has 3 heteroatoms. The van der Waals surface area contributed by atoms with Crippen molar-refractivity contribution in [3.8, 4) is 0 Å². The van der Waals surface area contributed by atoms with Gasteiger partial charge >= 0.3 is 0 Å². The fraction of sp³-hybridized carbons (Fsp3) is 0.647. The number of rotatable bonds is 7. The highest BCUT2D eigenvalue weighted by molar-refractivity contribution is 9.10. The van der Waals surface area contributed by atoms with Crippen LogP contribution in [-0.2, 0) is 0 Å². The van der Waals surface area contributed by atoms with Gasteiger partial charge in [0.25, 0.3) is 0 Å². The average Bonchev–Trinajstić information content (AvgIpc) is 2.92. The lowest BCUT2D eigenvalue weighted by molar-refractivity contribution is 0.298. The van der Waals surface area contributed by atoms with Crippen LogP contribution in [0.2, 0.25) is 0 Å². The van der Waals surface area contributed by atoms with Gasteiger partial charge in [-0.05, 0) is 50.0 Å². The maximum Gasteiger partial charge on any atom is 0.0343 e. The standard InChI is InChI=1S/C17H27BrN2/c1-3-14-9-11-20(13-14)12-10-17(19-4-2)15-7-5-6-8-16(15)18/h5-8,14,17,19H,3-4,9-13H2,1-2H3. The molecule has 0 bridgehead atoms. The monoisotopic (exact) mass is 338 g/mol. The Morgan fingerprint density at radius 1 is 1.35 bits per heavy atom. The topological polar surface area (TPSA) is 15.3 Å². The van der Waals surface area contributed by atoms with E-state index < -0.39 is 0 Å². The number of benzene rings is 1. The molecule has 112 valence electrons. The Kier molecular flexibility index (Phi) is 6.53. The predicted molar refractivity (Wildman–Crippen MR) is 90.0 cm³/mol. The Labute approximate surface area is 132 Å². The van der Waals surface area contributed by atoms with Crippen molar-refractivity contribution in [2.45, 2.75) is 39.2 Å². The predicted octanol–water partition coefficient (Wildman–Crippen LogP) is 4.22. The van der Waals surface area contributed by atoms with Crippen LogP contribution in [0, 0.1) is 5.92 Å². The van der Waals surface area contributed by atoms with Gasteiger partial charge in [-0.15, -0.1) is 0 Å². The summed E-state index contributed by atoms with van der Waals surface area (Å²) in [6.07, 6.45) is 3.90. The van der Waals surface area contributed by atoms with Gasteiger partial charge in [-0.25, -0.2) is 0 Å². The highest BCUT2D eigenvalue weighted by atomic mass is 79.9. The van der Waals surface area contributed by atoms with Gasteiger partial charge in [0.05, 0.1) is 0 Å². The summed E-state index contributed by atoms with van der Waals surface area (Å²) in [5.41, 5.74) is 1.39. The second-order valence-corrected chi connectivity index (χ2v) is 6.64. The minimum Gasteiger partial charge on any atom is -0.310 e. The van der Waals surface area contributed by atoms with Crippen LogP contribution in [0.5, 0.6) is 0 Å². The number of hydrogen-bond acceptors (Lipinski definition) is 2. The second-order valence-electron chi connectivity index (χ2n) is 5.78. The Hall–Kier alpha value is -0.380. The van der Waals surface area contributed by atoms with Crippen LogP contribution in [0.1, 0.15) is 44.7 Å². The van der Waals surface area contributed by atoms with E-state index in [0.29, 0.717) is 6.04 Å². The van der Waals surface area contributed by atoms with Crippen molar-refractivity contribution in [2.75, 3.05) is 26.2 Å². The zero-order valence-electron chi connectivity index (χ0n) is 12.7. The molecule has 1 aliphatic heterocycles. The number of nitrogens with zero attached hydrogens (tertiary/aromatic N) is 1. The molecule has 0 spiro atoms. The summed E-state index contributed by atoms with van der Waals surface area (Å²) in [5.74, 6) is 0.927. The normalized spacial score (nSPS) is 21.2. The molecule has 0 aliphatic carbocycles. The molecule has 20 heavy (non-hydrogen) atoms. The molecule has 2 rings (SSSR count). The van der Waals surface area contributed by atoms with Crippen molar-refractivity contribution >= 4 is 15.9 Å². The van der Waals surface area contributed by atoms with E-state index >= 15 is 0 Å². The molecular weight excluding hydrogens is 312 g/mol. The van der Waals surface area contributed by atoms with E-state index in [1.165, 1.54) is 48.9 Å². The van der Waals surface area contributed by atoms with E-state index in [2.05, 4.69) is 64.3 Å². The van der Waals surface area contributed by atoms with Crippen molar-refractivity contribution in [3.05, 3.63) is 34.3 Å². The van der Waals surface area contributed by atoms with E-state index in [9.17, 15) is 0 Å². The summed E-state index contributed by atoms with van der Waals surface area (Å²) >= 11 is 3.69. The first-order chi connectivity index (χ1) is 9.74. The molecule has 1 heterocycles. The van der Waals surface area contributed by atoms with Crippen molar-refractivity contribution < 1.29 is 0 Å². The maximum absolute atomic E-state index is 3.69. The van der Waals surface area contributed by atoms with Gasteiger partial charge in [0.2, 0.25) is 0 Å². The lowest BCUT2D eigenvalue weighted by Gasteiger charge is -2.23. The zero-order chi connectivity index (χ0) is 14.4. The van der Waals surface area contributed by atoms with Crippen LogP contribution in [0.4, 0.5) is 0 Å². The van der Waals surface area contributed by atoms with E-state index in [1.54, 1.807) is 0 Å². The van der Waals surface area contributed by atoms with Crippen molar-refractivity contribution in [2.24, 2.45) is 5.92 Å². The first-order valence-corrected chi connectivity index (χ1v) is 8.74. The Morgan fingerprint density at radius 2 is 2.15 bits per heavy atom. The molecule has 0 radical (unpaired) electrons. The van der Waals surface area contributed by atoms with Gasteiger partial charge in [-0.2, -0.15) is 0 Å². The zero-order valence-corrected chi connectivity index (χ0v) is 14.3. The van der Waals surface area contributed by atoms with E-state index in [4.69, 9.17) is 0 Å². The summed E-state index contributed by atoms with van der Waals surface area (Å²) in [6, 6.07) is 9.05. The molecule has 2 nitrogen and oxygen atoms in total. The Balaban J connectivity index is 1.92. The first-order valence-electron chi connectivity index (χ1n) is 7.94. The minimum absolute atomic E-state index is 0.455. The van der Waals surface area contributed by atoms with Crippen molar-refractivity contribution in [3.63, 3.8) is 0 Å². The fourth-order valence-electron chi connectivity index (χ4n) is 3.13. The van der Waals surface area contributed by atoms with Gasteiger partial charge in [0.15, 0.2) is 0 Å². The summed E-state index contributed by atoms with van der Waals surface area (Å²) in [6.45, 7) is 9.31. The van der Waals surface area contributed by atoms with Crippen LogP contribution >= 0.6 is 15.9 Å². The van der Waals surface area contributed by atoms with Gasteiger partial charge in [0, 0.05) is 17.1 Å². The first kappa shape index (κ1) is 16.0. The second kappa shape index (κ2) is 8.16. The van der Waals surface area contributed by atoms with Crippen molar-refractivity contribution in [1.82, 2.24) is 10.2 Å². The van der Waals surface area contributed by atoms with E-state index in [0.717, 1.165) is 12.5 Å². The molecule has 1 aromatic rings. The lowest BCUT2D eigenvalue weighted by atomic mass is 10.0. The third kappa shape index (κ3) is 4.31. The highest BCUT2D eigenvalue weighted by Crippen LogP contribution is 2.27. The molecule has 0 amide bonds. The van der Waals surface area contributed by atoms with Gasteiger partial charge in [0.1, 0.15) is 0 Å². The fourth-order valence-corrected chi connectivity index (χ4v) is 3.69. The third-order valence-corrected chi connectivity index (χ3v) is 5.13. The SMILES string of the molecule is CCNC(CCN1CCC(CC)C1)c1ccccc1Br. The highest BCUT2D eigenvalue weighted by Gasteiger charge is 2.22. The molecule has 1 fully saturated rings. The summed E-state index contributed by atoms with van der Waals surface area (Å²) in [4.78, 5) is 2.63. The van der Waals surface area contributed by atoms with E-state index in [-0.39, 0.29) is 0 Å². The summed E-state index contributed by atoms with van der Waals surface area (Å²) < 4.78 is 1.22. The maximum atomic E-state index is 3.69. The number of halogens is 1. The average molecular weight is 339 g/mol. The van der Waals surface area contributed by atoms with Crippen LogP contribution < -0.4 is 5.32 Å². The molecule has 2 unspecified atom stereocenters. The smallest absolute Gasteiger partial charge is 0.0343 e. The van der Waals surface area contributed by atoms with Crippen LogP contribution in [0.15, 0.2) is 28.7 Å². The number of nitrogens with one attached hydrogen (secondary N) is 1. The molecular formula is C17H27BrN2. The minimum atomic E-state index is 0.455. The molecule has 1 aliphatic rings. The number of likely N-dealkylation sites (tertiary alicyclic amines) is 1. The summed E-state index contributed by atoms with van der Waals surface area (Å²) in [7, 11) is 0. The molecule has 1 N–H and O–H groups in total. The van der Waals surface area contributed by atoms with Gasteiger partial charge in [-0.3, -0.25) is 0 Å². The van der Waals surface area contributed by atoms with Crippen LogP contribution in [0.3, 0.4) is 0 Å². The Morgan fingerprint density at radius 3 is 2.80 bits per heavy atom.